The van der Waals surface area contributed by atoms with E-state index in [-0.39, 0.29) is 17.9 Å². The van der Waals surface area contributed by atoms with Gasteiger partial charge in [0.1, 0.15) is 0 Å². The summed E-state index contributed by atoms with van der Waals surface area (Å²) in [5.74, 6) is 0.765. The Morgan fingerprint density at radius 1 is 1.35 bits per heavy atom. The predicted octanol–water partition coefficient (Wildman–Crippen LogP) is 1.16. The van der Waals surface area contributed by atoms with Crippen LogP contribution in [0, 0.1) is 11.8 Å². The molecule has 1 rings (SSSR count). The van der Waals surface area contributed by atoms with E-state index in [9.17, 15) is 4.79 Å². The zero-order chi connectivity index (χ0) is 12.7. The van der Waals surface area contributed by atoms with Crippen LogP contribution in [0.1, 0.15) is 33.6 Å². The van der Waals surface area contributed by atoms with Crippen LogP contribution in [-0.2, 0) is 9.53 Å². The van der Waals surface area contributed by atoms with Crippen LogP contribution in [0.25, 0.3) is 0 Å². The van der Waals surface area contributed by atoms with Gasteiger partial charge in [0.2, 0.25) is 5.91 Å². The van der Waals surface area contributed by atoms with Gasteiger partial charge in [-0.05, 0) is 32.2 Å². The second-order valence-electron chi connectivity index (χ2n) is 4.96. The van der Waals surface area contributed by atoms with Crippen LogP contribution in [0.2, 0.25) is 0 Å². The summed E-state index contributed by atoms with van der Waals surface area (Å²) in [5.41, 5.74) is 0. The van der Waals surface area contributed by atoms with E-state index < -0.39 is 0 Å². The van der Waals surface area contributed by atoms with Crippen molar-refractivity contribution in [3.63, 3.8) is 0 Å². The molecule has 0 aliphatic carbocycles. The summed E-state index contributed by atoms with van der Waals surface area (Å²) in [6.45, 7) is 9.45. The highest BCUT2D eigenvalue weighted by Crippen LogP contribution is 2.18. The number of rotatable bonds is 6. The summed E-state index contributed by atoms with van der Waals surface area (Å²) in [7, 11) is 0. The van der Waals surface area contributed by atoms with E-state index in [0.29, 0.717) is 5.92 Å². The minimum Gasteiger partial charge on any atom is -0.381 e. The maximum atomic E-state index is 11.9. The summed E-state index contributed by atoms with van der Waals surface area (Å²) in [4.78, 5) is 11.9. The van der Waals surface area contributed by atoms with Gasteiger partial charge in [-0.25, -0.2) is 0 Å². The molecule has 1 fully saturated rings. The first-order chi connectivity index (χ1) is 8.15. The lowest BCUT2D eigenvalue weighted by Gasteiger charge is -2.29. The van der Waals surface area contributed by atoms with Gasteiger partial charge in [0.25, 0.3) is 0 Å². The molecule has 0 radical (unpaired) electrons. The molecular weight excluding hydrogens is 216 g/mol. The molecule has 1 amide bonds. The quantitative estimate of drug-likeness (QED) is 0.735. The molecule has 17 heavy (non-hydrogen) atoms. The highest BCUT2D eigenvalue weighted by atomic mass is 16.5. The van der Waals surface area contributed by atoms with Gasteiger partial charge >= 0.3 is 0 Å². The molecule has 4 heteroatoms. The number of hydrogen-bond donors (Lipinski definition) is 2. The number of carbonyl (C=O) groups excluding carboxylic acids is 1. The maximum Gasteiger partial charge on any atom is 0.224 e. The molecule has 1 heterocycles. The van der Waals surface area contributed by atoms with Gasteiger partial charge in [0, 0.05) is 31.7 Å². The Morgan fingerprint density at radius 2 is 2.00 bits per heavy atom. The first-order valence-corrected chi connectivity index (χ1v) is 6.74. The van der Waals surface area contributed by atoms with E-state index in [1.165, 1.54) is 0 Å². The Bertz CT molecular complexity index is 227. The van der Waals surface area contributed by atoms with Gasteiger partial charge in [-0.3, -0.25) is 4.79 Å². The fourth-order valence-electron chi connectivity index (χ4n) is 2.15. The van der Waals surface area contributed by atoms with Crippen molar-refractivity contribution in [3.8, 4) is 0 Å². The van der Waals surface area contributed by atoms with Crippen molar-refractivity contribution in [2.75, 3.05) is 26.3 Å². The number of carbonyl (C=O) groups is 1. The second-order valence-corrected chi connectivity index (χ2v) is 4.96. The SMILES string of the molecule is CCNCC(C)C(=O)NC(C)C1CCOCC1. The van der Waals surface area contributed by atoms with Crippen LogP contribution in [0.15, 0.2) is 0 Å². The predicted molar refractivity (Wildman–Crippen MR) is 68.9 cm³/mol. The molecule has 2 N–H and O–H groups in total. The molecule has 1 aliphatic heterocycles. The zero-order valence-electron chi connectivity index (χ0n) is 11.3. The Balaban J connectivity index is 2.28. The van der Waals surface area contributed by atoms with Crippen LogP contribution < -0.4 is 10.6 Å². The van der Waals surface area contributed by atoms with Crippen molar-refractivity contribution in [3.05, 3.63) is 0 Å². The van der Waals surface area contributed by atoms with E-state index in [1.807, 2.05) is 6.92 Å². The maximum absolute atomic E-state index is 11.9. The van der Waals surface area contributed by atoms with Crippen LogP contribution >= 0.6 is 0 Å². The van der Waals surface area contributed by atoms with Crippen LogP contribution in [0.5, 0.6) is 0 Å². The molecular formula is C13H26N2O2. The van der Waals surface area contributed by atoms with E-state index in [4.69, 9.17) is 4.74 Å². The van der Waals surface area contributed by atoms with E-state index >= 15 is 0 Å². The molecule has 1 saturated heterocycles. The molecule has 1 aliphatic rings. The van der Waals surface area contributed by atoms with Gasteiger partial charge < -0.3 is 15.4 Å². The lowest BCUT2D eigenvalue weighted by Crippen LogP contribution is -2.44. The summed E-state index contributed by atoms with van der Waals surface area (Å²) < 4.78 is 5.33. The van der Waals surface area contributed by atoms with Crippen molar-refractivity contribution in [2.45, 2.75) is 39.7 Å². The van der Waals surface area contributed by atoms with Gasteiger partial charge in [0.05, 0.1) is 0 Å². The lowest BCUT2D eigenvalue weighted by molar-refractivity contribution is -0.125. The monoisotopic (exact) mass is 242 g/mol. The van der Waals surface area contributed by atoms with Crippen LogP contribution in [0.4, 0.5) is 0 Å². The number of nitrogens with one attached hydrogen (secondary N) is 2. The van der Waals surface area contributed by atoms with Gasteiger partial charge in [-0.1, -0.05) is 13.8 Å². The van der Waals surface area contributed by atoms with Crippen molar-refractivity contribution >= 4 is 5.91 Å². The topological polar surface area (TPSA) is 50.4 Å². The fraction of sp³-hybridized carbons (Fsp3) is 0.923. The Labute approximate surface area is 104 Å². The third kappa shape index (κ3) is 5.04. The molecule has 0 bridgehead atoms. The molecule has 2 unspecified atom stereocenters. The fourth-order valence-corrected chi connectivity index (χ4v) is 2.15. The largest absolute Gasteiger partial charge is 0.381 e. The van der Waals surface area contributed by atoms with Crippen LogP contribution in [0.3, 0.4) is 0 Å². The molecule has 2 atom stereocenters. The Kier molecular flexibility index (Phi) is 6.52. The third-order valence-corrected chi connectivity index (χ3v) is 3.49. The molecule has 0 aromatic heterocycles. The van der Waals surface area contributed by atoms with Crippen LogP contribution in [-0.4, -0.2) is 38.3 Å². The van der Waals surface area contributed by atoms with E-state index in [2.05, 4.69) is 24.5 Å². The third-order valence-electron chi connectivity index (χ3n) is 3.49. The highest BCUT2D eigenvalue weighted by molar-refractivity contribution is 5.78. The van der Waals surface area contributed by atoms with Gasteiger partial charge in [0.15, 0.2) is 0 Å². The number of amides is 1. The summed E-state index contributed by atoms with van der Waals surface area (Å²) in [6, 6.07) is 0.260. The lowest BCUT2D eigenvalue weighted by atomic mass is 9.92. The molecule has 4 nitrogen and oxygen atoms in total. The Hall–Kier alpha value is -0.610. The molecule has 0 spiro atoms. The zero-order valence-corrected chi connectivity index (χ0v) is 11.3. The highest BCUT2D eigenvalue weighted by Gasteiger charge is 2.23. The first kappa shape index (κ1) is 14.5. The molecule has 0 aromatic carbocycles. The minimum absolute atomic E-state index is 0.0391. The molecule has 100 valence electrons. The summed E-state index contributed by atoms with van der Waals surface area (Å²) in [6.07, 6.45) is 2.12. The van der Waals surface area contributed by atoms with Gasteiger partial charge in [-0.15, -0.1) is 0 Å². The van der Waals surface area contributed by atoms with Crippen molar-refractivity contribution in [1.82, 2.24) is 10.6 Å². The number of ether oxygens (including phenoxy) is 1. The smallest absolute Gasteiger partial charge is 0.224 e. The van der Waals surface area contributed by atoms with Crippen molar-refractivity contribution in [1.29, 1.82) is 0 Å². The molecule has 0 aromatic rings. The van der Waals surface area contributed by atoms with E-state index in [1.54, 1.807) is 0 Å². The average molecular weight is 242 g/mol. The van der Waals surface area contributed by atoms with Gasteiger partial charge in [-0.2, -0.15) is 0 Å². The first-order valence-electron chi connectivity index (χ1n) is 6.74. The summed E-state index contributed by atoms with van der Waals surface area (Å²) in [5, 5.41) is 6.32. The van der Waals surface area contributed by atoms with E-state index in [0.717, 1.165) is 39.1 Å². The normalized spacial score (nSPS) is 20.9. The summed E-state index contributed by atoms with van der Waals surface area (Å²) >= 11 is 0. The second kappa shape index (κ2) is 7.67. The minimum atomic E-state index is 0.0391. The average Bonchev–Trinajstić information content (AvgIpc) is 2.36. The molecule has 0 saturated carbocycles. The standard InChI is InChI=1S/C13H26N2O2/c1-4-14-9-10(2)13(16)15-11(3)12-5-7-17-8-6-12/h10-12,14H,4-9H2,1-3H3,(H,15,16). The number of hydrogen-bond acceptors (Lipinski definition) is 3. The van der Waals surface area contributed by atoms with Crippen molar-refractivity contribution < 1.29 is 9.53 Å². The Morgan fingerprint density at radius 3 is 2.59 bits per heavy atom. The van der Waals surface area contributed by atoms with Crippen molar-refractivity contribution in [2.24, 2.45) is 11.8 Å².